The third kappa shape index (κ3) is 3.97. The summed E-state index contributed by atoms with van der Waals surface area (Å²) in [6.45, 7) is 7.92. The zero-order valence-electron chi connectivity index (χ0n) is 19.3. The van der Waals surface area contributed by atoms with Crippen LogP contribution in [-0.4, -0.2) is 36.5 Å². The zero-order chi connectivity index (χ0) is 24.3. The lowest BCUT2D eigenvalue weighted by Crippen LogP contribution is -2.73. The molecule has 8 atom stereocenters. The van der Waals surface area contributed by atoms with Gasteiger partial charge in [-0.25, -0.2) is 4.39 Å². The molecule has 0 N–H and O–H groups in total. The molecule has 0 amide bonds. The summed E-state index contributed by atoms with van der Waals surface area (Å²) in [4.78, 5) is 0. The summed E-state index contributed by atoms with van der Waals surface area (Å²) in [7, 11) is 0. The minimum absolute atomic E-state index is 0.00340. The van der Waals surface area contributed by atoms with Crippen LogP contribution < -0.4 is 0 Å². The Kier molecular flexibility index (Phi) is 6.98. The van der Waals surface area contributed by atoms with Crippen LogP contribution in [-0.2, 0) is 9.47 Å². The van der Waals surface area contributed by atoms with Gasteiger partial charge in [-0.05, 0) is 67.1 Å². The number of alkyl halides is 7. The van der Waals surface area contributed by atoms with Crippen LogP contribution in [0, 0.1) is 41.4 Å². The first kappa shape index (κ1) is 26.0. The van der Waals surface area contributed by atoms with E-state index in [1.807, 2.05) is 20.8 Å². The molecular weight excluding hydrogens is 441 g/mol. The van der Waals surface area contributed by atoms with Crippen molar-refractivity contribution in [2.75, 3.05) is 6.79 Å². The molecule has 3 aliphatic carbocycles. The average Bonchev–Trinajstić information content (AvgIpc) is 3.12. The summed E-state index contributed by atoms with van der Waals surface area (Å²) in [6, 6.07) is 0. The molecule has 3 saturated carbocycles. The van der Waals surface area contributed by atoms with Crippen LogP contribution in [0.1, 0.15) is 66.7 Å². The van der Waals surface area contributed by atoms with Gasteiger partial charge in [-0.15, -0.1) is 0 Å². The molecule has 0 spiro atoms. The van der Waals surface area contributed by atoms with Crippen LogP contribution in [0.5, 0.6) is 0 Å². The van der Waals surface area contributed by atoms with E-state index in [9.17, 15) is 26.3 Å². The van der Waals surface area contributed by atoms with Gasteiger partial charge in [0.2, 0.25) is 0 Å². The Balaban J connectivity index is 1.90. The largest absolute Gasteiger partial charge is 0.429 e. The van der Waals surface area contributed by atoms with Gasteiger partial charge >= 0.3 is 12.4 Å². The number of halogens is 7. The lowest BCUT2D eigenvalue weighted by Gasteiger charge is -2.50. The van der Waals surface area contributed by atoms with Crippen molar-refractivity contribution in [1.29, 1.82) is 0 Å². The Bertz CT molecular complexity index is 646. The van der Waals surface area contributed by atoms with Crippen LogP contribution >= 0.6 is 0 Å². The summed E-state index contributed by atoms with van der Waals surface area (Å²) in [5.74, 6) is -2.23. The second kappa shape index (κ2) is 8.58. The zero-order valence-corrected chi connectivity index (χ0v) is 19.3. The minimum Gasteiger partial charge on any atom is -0.352 e. The lowest BCUT2D eigenvalue weighted by atomic mass is 9.66. The maximum atomic E-state index is 16.2. The molecule has 2 nitrogen and oxygen atoms in total. The van der Waals surface area contributed by atoms with Gasteiger partial charge in [-0.2, -0.15) is 26.3 Å². The average molecular weight is 477 g/mol. The van der Waals surface area contributed by atoms with E-state index < -0.39 is 60.7 Å². The lowest BCUT2D eigenvalue weighted by molar-refractivity contribution is -0.434. The van der Waals surface area contributed by atoms with E-state index in [-0.39, 0.29) is 30.1 Å². The number of fused-ring (bicyclic) bond motifs is 2. The van der Waals surface area contributed by atoms with Crippen LogP contribution in [0.25, 0.3) is 0 Å². The summed E-state index contributed by atoms with van der Waals surface area (Å²) in [5.41, 5.74) is -8.49. The summed E-state index contributed by atoms with van der Waals surface area (Å²) in [6.07, 6.45) is -11.1. The van der Waals surface area contributed by atoms with Gasteiger partial charge in [0.1, 0.15) is 6.79 Å². The normalized spacial score (nSPS) is 41.0. The first-order valence-electron chi connectivity index (χ1n) is 11.6. The number of hydrogen-bond donors (Lipinski definition) is 0. The molecule has 0 aromatic heterocycles. The quantitative estimate of drug-likeness (QED) is 0.295. The van der Waals surface area contributed by atoms with Crippen LogP contribution in [0.4, 0.5) is 30.7 Å². The number of hydrogen-bond acceptors (Lipinski definition) is 2. The van der Waals surface area contributed by atoms with Crippen LogP contribution in [0.15, 0.2) is 0 Å². The summed E-state index contributed by atoms with van der Waals surface area (Å²) >= 11 is 0. The van der Waals surface area contributed by atoms with E-state index in [1.54, 1.807) is 6.92 Å². The highest BCUT2D eigenvalue weighted by molar-refractivity contribution is 5.21. The maximum absolute atomic E-state index is 16.2. The third-order valence-corrected chi connectivity index (χ3v) is 8.81. The van der Waals surface area contributed by atoms with Gasteiger partial charge in [0.25, 0.3) is 5.60 Å². The van der Waals surface area contributed by atoms with Crippen molar-refractivity contribution < 1.29 is 40.2 Å². The van der Waals surface area contributed by atoms with Crippen molar-refractivity contribution in [3.05, 3.63) is 0 Å². The Morgan fingerprint density at radius 3 is 1.97 bits per heavy atom. The standard InChI is InChI=1S/C23H35F7O2/c1-12(2)17-7-6-13(3)8-19(17)31-11-32-21(22(25,26)27,23(28,29)30)20(24)10-16-9-18(20)15(5)14(16)4/h12-19H,6-11H2,1-5H3. The van der Waals surface area contributed by atoms with Gasteiger partial charge in [0.15, 0.2) is 5.67 Å². The second-order valence-corrected chi connectivity index (χ2v) is 10.9. The predicted molar refractivity (Wildman–Crippen MR) is 105 cm³/mol. The molecule has 32 heavy (non-hydrogen) atoms. The molecule has 0 heterocycles. The Hall–Kier alpha value is -0.570. The second-order valence-electron chi connectivity index (χ2n) is 10.9. The summed E-state index contributed by atoms with van der Waals surface area (Å²) in [5, 5.41) is 0. The molecule has 3 fully saturated rings. The van der Waals surface area contributed by atoms with E-state index in [4.69, 9.17) is 4.74 Å². The van der Waals surface area contributed by atoms with Gasteiger partial charge in [0, 0.05) is 0 Å². The van der Waals surface area contributed by atoms with Crippen LogP contribution in [0.3, 0.4) is 0 Å². The van der Waals surface area contributed by atoms with E-state index in [1.165, 1.54) is 6.92 Å². The molecule has 3 rings (SSSR count). The van der Waals surface area contributed by atoms with E-state index in [0.717, 1.165) is 12.8 Å². The Morgan fingerprint density at radius 2 is 1.50 bits per heavy atom. The molecular formula is C23H35F7O2. The first-order chi connectivity index (χ1) is 14.6. The Labute approximate surface area is 185 Å². The molecule has 0 aromatic rings. The smallest absolute Gasteiger partial charge is 0.352 e. The van der Waals surface area contributed by atoms with Crippen molar-refractivity contribution in [2.45, 2.75) is 96.4 Å². The minimum atomic E-state index is -5.98. The fourth-order valence-corrected chi connectivity index (χ4v) is 6.79. The monoisotopic (exact) mass is 476 g/mol. The molecule has 8 unspecified atom stereocenters. The topological polar surface area (TPSA) is 18.5 Å². The maximum Gasteiger partial charge on any atom is 0.429 e. The van der Waals surface area contributed by atoms with Crippen LogP contribution in [0.2, 0.25) is 0 Å². The van der Waals surface area contributed by atoms with Crippen molar-refractivity contribution >= 4 is 0 Å². The molecule has 0 radical (unpaired) electrons. The van der Waals surface area contributed by atoms with Crippen molar-refractivity contribution in [3.8, 4) is 0 Å². The van der Waals surface area contributed by atoms with Crippen molar-refractivity contribution in [1.82, 2.24) is 0 Å². The van der Waals surface area contributed by atoms with Gasteiger partial charge < -0.3 is 9.47 Å². The summed E-state index contributed by atoms with van der Waals surface area (Å²) < 4.78 is 112. The SMILES string of the molecule is CC1CCC(C(C)C)C(OCOC(C(F)(F)F)(C(F)(F)F)C2(F)CC3CC2C(C)C3C)C1. The molecule has 3 aliphatic rings. The van der Waals surface area contributed by atoms with Crippen molar-refractivity contribution in [2.24, 2.45) is 41.4 Å². The van der Waals surface area contributed by atoms with Gasteiger partial charge in [-0.3, -0.25) is 0 Å². The molecule has 188 valence electrons. The van der Waals surface area contributed by atoms with Gasteiger partial charge in [-0.1, -0.05) is 41.0 Å². The first-order valence-corrected chi connectivity index (χ1v) is 11.6. The molecule has 0 aromatic carbocycles. The van der Waals surface area contributed by atoms with E-state index in [0.29, 0.717) is 6.42 Å². The number of ether oxygens (including phenoxy) is 2. The highest BCUT2D eigenvalue weighted by atomic mass is 19.4. The van der Waals surface area contributed by atoms with Crippen molar-refractivity contribution in [3.63, 3.8) is 0 Å². The predicted octanol–water partition coefficient (Wildman–Crippen LogP) is 7.32. The molecule has 0 aliphatic heterocycles. The molecule has 2 bridgehead atoms. The fraction of sp³-hybridized carbons (Fsp3) is 1.00. The molecule has 0 saturated heterocycles. The highest BCUT2D eigenvalue weighted by Crippen LogP contribution is 2.68. The van der Waals surface area contributed by atoms with Gasteiger partial charge in [0.05, 0.1) is 6.10 Å². The fourth-order valence-electron chi connectivity index (χ4n) is 6.79. The van der Waals surface area contributed by atoms with E-state index >= 15 is 4.39 Å². The van der Waals surface area contributed by atoms with E-state index in [2.05, 4.69) is 4.74 Å². The Morgan fingerprint density at radius 1 is 0.906 bits per heavy atom. The third-order valence-electron chi connectivity index (χ3n) is 8.81. The highest BCUT2D eigenvalue weighted by Gasteiger charge is 2.86. The number of rotatable bonds is 6. The molecule has 9 heteroatoms.